The molecule has 0 N–H and O–H groups in total. The number of carbonyl (C=O) groups excluding carboxylic acids is 1. The van der Waals surface area contributed by atoms with Gasteiger partial charge in [0.15, 0.2) is 0 Å². The van der Waals surface area contributed by atoms with Crippen LogP contribution in [0.3, 0.4) is 0 Å². The minimum atomic E-state index is 0.491. The first-order valence-electron chi connectivity index (χ1n) is 6.63. The summed E-state index contributed by atoms with van der Waals surface area (Å²) in [6.45, 7) is 2.21. The van der Waals surface area contributed by atoms with E-state index in [1.807, 2.05) is 18.2 Å². The molecule has 0 fully saturated rings. The fourth-order valence-electron chi connectivity index (χ4n) is 2.09. The Morgan fingerprint density at radius 2 is 1.94 bits per heavy atom. The van der Waals surface area contributed by atoms with Gasteiger partial charge in [0.2, 0.25) is 0 Å². The van der Waals surface area contributed by atoms with Crippen LogP contribution in [0.1, 0.15) is 50.5 Å². The number of hydrogen-bond donors (Lipinski definition) is 0. The lowest BCUT2D eigenvalue weighted by molar-refractivity contribution is -0.104. The van der Waals surface area contributed by atoms with E-state index in [0.717, 1.165) is 17.7 Å². The molecular formula is C16H21ClO. The van der Waals surface area contributed by atoms with Crippen LogP contribution < -0.4 is 0 Å². The third kappa shape index (κ3) is 5.50. The van der Waals surface area contributed by atoms with Gasteiger partial charge >= 0.3 is 0 Å². The van der Waals surface area contributed by atoms with Crippen molar-refractivity contribution in [1.29, 1.82) is 0 Å². The van der Waals surface area contributed by atoms with E-state index in [1.165, 1.54) is 31.2 Å². The Balaban J connectivity index is 2.65. The number of rotatable bonds is 8. The zero-order valence-electron chi connectivity index (χ0n) is 10.9. The second-order valence-corrected chi connectivity index (χ2v) is 4.98. The Bertz CT molecular complexity index is 367. The van der Waals surface area contributed by atoms with E-state index in [2.05, 4.69) is 19.1 Å². The molecule has 0 saturated heterocycles. The zero-order valence-corrected chi connectivity index (χ0v) is 11.7. The van der Waals surface area contributed by atoms with Crippen LogP contribution in [0.5, 0.6) is 0 Å². The topological polar surface area (TPSA) is 17.1 Å². The fourth-order valence-corrected chi connectivity index (χ4v) is 2.22. The summed E-state index contributed by atoms with van der Waals surface area (Å²) in [6.07, 6.45) is 10.2. The maximum absolute atomic E-state index is 10.3. The summed E-state index contributed by atoms with van der Waals surface area (Å²) in [5.74, 6) is 0.491. The molecule has 0 bridgehead atoms. The van der Waals surface area contributed by atoms with Crippen molar-refractivity contribution in [2.45, 2.75) is 44.9 Å². The maximum atomic E-state index is 10.3. The lowest BCUT2D eigenvalue weighted by atomic mass is 9.90. The number of benzene rings is 1. The zero-order chi connectivity index (χ0) is 13.2. The molecule has 0 heterocycles. The van der Waals surface area contributed by atoms with E-state index >= 15 is 0 Å². The van der Waals surface area contributed by atoms with E-state index in [0.29, 0.717) is 5.92 Å². The Morgan fingerprint density at radius 1 is 1.22 bits per heavy atom. The van der Waals surface area contributed by atoms with Gasteiger partial charge in [-0.25, -0.2) is 0 Å². The Morgan fingerprint density at radius 3 is 2.56 bits per heavy atom. The summed E-state index contributed by atoms with van der Waals surface area (Å²) in [4.78, 5) is 10.3. The highest BCUT2D eigenvalue weighted by Gasteiger charge is 2.09. The van der Waals surface area contributed by atoms with E-state index in [-0.39, 0.29) is 0 Å². The summed E-state index contributed by atoms with van der Waals surface area (Å²) in [5.41, 5.74) is 1.31. The number of halogens is 1. The minimum absolute atomic E-state index is 0.491. The van der Waals surface area contributed by atoms with Crippen LogP contribution in [-0.2, 0) is 4.79 Å². The van der Waals surface area contributed by atoms with Crippen LogP contribution in [-0.4, -0.2) is 6.29 Å². The van der Waals surface area contributed by atoms with Crippen molar-refractivity contribution in [1.82, 2.24) is 0 Å². The van der Waals surface area contributed by atoms with E-state index in [9.17, 15) is 4.79 Å². The summed E-state index contributed by atoms with van der Waals surface area (Å²) in [7, 11) is 0. The molecule has 0 aromatic heterocycles. The summed E-state index contributed by atoms with van der Waals surface area (Å²) < 4.78 is 0. The van der Waals surface area contributed by atoms with Crippen molar-refractivity contribution < 1.29 is 4.79 Å². The smallest absolute Gasteiger partial charge is 0.142 e. The highest BCUT2D eigenvalue weighted by atomic mass is 35.5. The first-order chi connectivity index (χ1) is 8.77. The average molecular weight is 265 g/mol. The van der Waals surface area contributed by atoms with Gasteiger partial charge in [-0.15, -0.1) is 0 Å². The molecular weight excluding hydrogens is 244 g/mol. The molecule has 18 heavy (non-hydrogen) atoms. The van der Waals surface area contributed by atoms with Crippen LogP contribution in [0.4, 0.5) is 0 Å². The largest absolute Gasteiger partial charge is 0.299 e. The van der Waals surface area contributed by atoms with Gasteiger partial charge < -0.3 is 0 Å². The average Bonchev–Trinajstić information content (AvgIpc) is 2.38. The van der Waals surface area contributed by atoms with Gasteiger partial charge in [-0.2, -0.15) is 0 Å². The van der Waals surface area contributed by atoms with Crippen LogP contribution >= 0.6 is 11.6 Å². The summed E-state index contributed by atoms with van der Waals surface area (Å²) in [5, 5.41) is 0.773. The van der Waals surface area contributed by atoms with Crippen molar-refractivity contribution in [2.75, 3.05) is 0 Å². The van der Waals surface area contributed by atoms with Gasteiger partial charge in [0.05, 0.1) is 0 Å². The third-order valence-corrected chi connectivity index (χ3v) is 3.38. The molecule has 98 valence electrons. The summed E-state index contributed by atoms with van der Waals surface area (Å²) >= 11 is 5.91. The van der Waals surface area contributed by atoms with Crippen molar-refractivity contribution in [2.24, 2.45) is 0 Å². The normalized spacial score (nSPS) is 12.8. The highest BCUT2D eigenvalue weighted by Crippen LogP contribution is 2.27. The number of aldehydes is 1. The molecule has 0 radical (unpaired) electrons. The highest BCUT2D eigenvalue weighted by molar-refractivity contribution is 6.30. The van der Waals surface area contributed by atoms with Gasteiger partial charge in [0.25, 0.3) is 0 Å². The van der Waals surface area contributed by atoms with Gasteiger partial charge in [-0.1, -0.05) is 56.0 Å². The molecule has 1 atom stereocenters. The summed E-state index contributed by atoms with van der Waals surface area (Å²) in [6, 6.07) is 8.06. The molecule has 2 heteroatoms. The standard InChI is InChI=1S/C16H21ClO/c1-2-3-4-7-14(8-5-6-13-18)15-9-11-16(17)12-10-15/h5-6,9-14H,2-4,7-8H2,1H3/b6-5+. The number of allylic oxidation sites excluding steroid dienone is 2. The van der Waals surface area contributed by atoms with Crippen molar-refractivity contribution in [3.63, 3.8) is 0 Å². The van der Waals surface area contributed by atoms with Crippen molar-refractivity contribution in [3.05, 3.63) is 47.0 Å². The lowest BCUT2D eigenvalue weighted by Crippen LogP contribution is -1.98. The first kappa shape index (κ1) is 15.0. The molecule has 1 aromatic rings. The van der Waals surface area contributed by atoms with Gasteiger partial charge in [0.1, 0.15) is 6.29 Å². The predicted molar refractivity (Wildman–Crippen MR) is 78.2 cm³/mol. The van der Waals surface area contributed by atoms with E-state index in [1.54, 1.807) is 6.08 Å². The Labute approximate surface area is 115 Å². The molecule has 0 aliphatic heterocycles. The maximum Gasteiger partial charge on any atom is 0.142 e. The first-order valence-corrected chi connectivity index (χ1v) is 7.01. The predicted octanol–water partition coefficient (Wildman–Crippen LogP) is 5.15. The molecule has 0 aliphatic carbocycles. The van der Waals surface area contributed by atoms with Gasteiger partial charge in [-0.3, -0.25) is 4.79 Å². The second-order valence-electron chi connectivity index (χ2n) is 4.54. The minimum Gasteiger partial charge on any atom is -0.299 e. The molecule has 0 aliphatic rings. The van der Waals surface area contributed by atoms with Gasteiger partial charge in [-0.05, 0) is 42.5 Å². The molecule has 1 rings (SSSR count). The van der Waals surface area contributed by atoms with Crippen molar-refractivity contribution >= 4 is 17.9 Å². The van der Waals surface area contributed by atoms with Gasteiger partial charge in [0, 0.05) is 5.02 Å². The Kier molecular flexibility index (Phi) is 7.43. The second kappa shape index (κ2) is 8.93. The van der Waals surface area contributed by atoms with Crippen molar-refractivity contribution in [3.8, 4) is 0 Å². The molecule has 1 unspecified atom stereocenters. The van der Waals surface area contributed by atoms with Crippen LogP contribution in [0, 0.1) is 0 Å². The monoisotopic (exact) mass is 264 g/mol. The molecule has 1 aromatic carbocycles. The number of carbonyl (C=O) groups is 1. The number of unbranched alkanes of at least 4 members (excludes halogenated alkanes) is 2. The van der Waals surface area contributed by atoms with Crippen LogP contribution in [0.2, 0.25) is 5.02 Å². The van der Waals surface area contributed by atoms with Crippen LogP contribution in [0.25, 0.3) is 0 Å². The molecule has 1 nitrogen and oxygen atoms in total. The number of hydrogen-bond acceptors (Lipinski definition) is 1. The van der Waals surface area contributed by atoms with E-state index in [4.69, 9.17) is 11.6 Å². The lowest BCUT2D eigenvalue weighted by Gasteiger charge is -2.15. The SMILES string of the molecule is CCCCCC(C/C=C/C=O)c1ccc(Cl)cc1. The molecule has 0 spiro atoms. The fraction of sp³-hybridized carbons (Fsp3) is 0.438. The Hall–Kier alpha value is -1.08. The molecule has 0 amide bonds. The van der Waals surface area contributed by atoms with E-state index < -0.39 is 0 Å². The third-order valence-electron chi connectivity index (χ3n) is 3.13. The quantitative estimate of drug-likeness (QED) is 0.361. The molecule has 0 saturated carbocycles. The van der Waals surface area contributed by atoms with Crippen LogP contribution in [0.15, 0.2) is 36.4 Å².